The van der Waals surface area contributed by atoms with Gasteiger partial charge in [0.1, 0.15) is 11.3 Å². The molecule has 0 saturated heterocycles. The number of furan rings is 1. The molecule has 0 saturated carbocycles. The van der Waals surface area contributed by atoms with Crippen LogP contribution in [0.1, 0.15) is 0 Å². The van der Waals surface area contributed by atoms with Gasteiger partial charge in [0.25, 0.3) is 0 Å². The van der Waals surface area contributed by atoms with Gasteiger partial charge in [-0.3, -0.25) is 0 Å². The summed E-state index contributed by atoms with van der Waals surface area (Å²) in [4.78, 5) is 10.6. The second-order valence-electron chi connectivity index (χ2n) is 11.4. The van der Waals surface area contributed by atoms with Crippen molar-refractivity contribution in [2.45, 2.75) is 0 Å². The highest BCUT2D eigenvalue weighted by atomic mass is 16.3. The third kappa shape index (κ3) is 4.29. The minimum absolute atomic E-state index is 0.669. The Morgan fingerprint density at radius 1 is 0.400 bits per heavy atom. The molecular weight excluding hydrogens is 548 g/mol. The average molecular weight is 575 g/mol. The van der Waals surface area contributed by atoms with Crippen LogP contribution in [0.25, 0.3) is 88.5 Å². The van der Waals surface area contributed by atoms with Gasteiger partial charge in [-0.05, 0) is 67.7 Å². The minimum atomic E-state index is 0.669. The fraction of sp³-hybridized carbons (Fsp3) is 0. The maximum Gasteiger partial charge on any atom is 0.161 e. The van der Waals surface area contributed by atoms with E-state index in [0.717, 1.165) is 60.8 Å². The molecule has 0 bridgehead atoms. The Morgan fingerprint density at radius 3 is 1.91 bits per heavy atom. The Hall–Kier alpha value is -6.06. The first-order chi connectivity index (χ1) is 22.3. The minimum Gasteiger partial charge on any atom is -0.454 e. The topological polar surface area (TPSA) is 38.9 Å². The zero-order valence-electron chi connectivity index (χ0n) is 24.3. The summed E-state index contributed by atoms with van der Waals surface area (Å²) >= 11 is 0. The summed E-state index contributed by atoms with van der Waals surface area (Å²) in [5, 5.41) is 8.04. The monoisotopic (exact) mass is 574 g/mol. The van der Waals surface area contributed by atoms with Crippen molar-refractivity contribution in [1.29, 1.82) is 0 Å². The molecule has 0 aliphatic carbocycles. The molecule has 0 aliphatic rings. The summed E-state index contributed by atoms with van der Waals surface area (Å²) in [5.74, 6) is 1.39. The summed E-state index contributed by atoms with van der Waals surface area (Å²) in [6.07, 6.45) is 0. The largest absolute Gasteiger partial charge is 0.454 e. The van der Waals surface area contributed by atoms with E-state index in [4.69, 9.17) is 14.4 Å². The second-order valence-corrected chi connectivity index (χ2v) is 11.4. The molecule has 0 amide bonds. The highest BCUT2D eigenvalue weighted by Gasteiger charge is 2.20. The highest BCUT2D eigenvalue weighted by molar-refractivity contribution is 6.19. The van der Waals surface area contributed by atoms with Crippen LogP contribution in [0, 0.1) is 0 Å². The molecule has 9 aromatic rings. The summed E-state index contributed by atoms with van der Waals surface area (Å²) in [7, 11) is 0. The van der Waals surface area contributed by atoms with Gasteiger partial charge in [0, 0.05) is 16.5 Å². The van der Waals surface area contributed by atoms with Crippen molar-refractivity contribution in [2.75, 3.05) is 0 Å². The highest BCUT2D eigenvalue weighted by Crippen LogP contribution is 2.41. The van der Waals surface area contributed by atoms with Gasteiger partial charge in [-0.1, -0.05) is 133 Å². The zero-order valence-corrected chi connectivity index (χ0v) is 24.3. The Balaban J connectivity index is 1.38. The van der Waals surface area contributed by atoms with Crippen LogP contribution in [0.3, 0.4) is 0 Å². The normalized spacial score (nSPS) is 11.6. The van der Waals surface area contributed by atoms with Crippen molar-refractivity contribution in [3.8, 4) is 45.2 Å². The molecule has 7 aromatic carbocycles. The fourth-order valence-electron chi connectivity index (χ4n) is 6.57. The fourth-order valence-corrected chi connectivity index (χ4v) is 6.57. The van der Waals surface area contributed by atoms with Gasteiger partial charge in [-0.25, -0.2) is 9.97 Å². The van der Waals surface area contributed by atoms with E-state index in [1.807, 2.05) is 24.3 Å². The molecule has 3 nitrogen and oxygen atoms in total. The third-order valence-corrected chi connectivity index (χ3v) is 8.69. The summed E-state index contributed by atoms with van der Waals surface area (Å²) in [6.45, 7) is 0. The number of hydrogen-bond donors (Lipinski definition) is 0. The lowest BCUT2D eigenvalue weighted by molar-refractivity contribution is 0.628. The van der Waals surface area contributed by atoms with E-state index in [1.54, 1.807) is 0 Å². The van der Waals surface area contributed by atoms with Crippen LogP contribution in [-0.4, -0.2) is 9.97 Å². The number of rotatable bonds is 4. The van der Waals surface area contributed by atoms with Gasteiger partial charge < -0.3 is 4.42 Å². The van der Waals surface area contributed by atoms with Gasteiger partial charge >= 0.3 is 0 Å². The first kappa shape index (κ1) is 25.4. The van der Waals surface area contributed by atoms with Crippen LogP contribution in [0.5, 0.6) is 0 Å². The van der Waals surface area contributed by atoms with Crippen LogP contribution in [0.2, 0.25) is 0 Å². The van der Waals surface area contributed by atoms with E-state index >= 15 is 0 Å². The average Bonchev–Trinajstić information content (AvgIpc) is 3.55. The molecule has 2 heterocycles. The zero-order chi connectivity index (χ0) is 29.7. The van der Waals surface area contributed by atoms with E-state index in [2.05, 4.69) is 133 Å². The Bertz CT molecular complexity index is 2510. The molecule has 0 unspecified atom stereocenters. The van der Waals surface area contributed by atoms with Crippen LogP contribution < -0.4 is 0 Å². The molecule has 0 radical (unpaired) electrons. The Kier molecular flexibility index (Phi) is 5.82. The van der Waals surface area contributed by atoms with Crippen molar-refractivity contribution in [2.24, 2.45) is 0 Å². The van der Waals surface area contributed by atoms with E-state index in [0.29, 0.717) is 11.6 Å². The molecule has 9 rings (SSSR count). The number of fused-ring (bicyclic) bond motifs is 5. The number of hydrogen-bond acceptors (Lipinski definition) is 3. The van der Waals surface area contributed by atoms with Crippen molar-refractivity contribution in [1.82, 2.24) is 9.97 Å². The quantitative estimate of drug-likeness (QED) is 0.155. The summed E-state index contributed by atoms with van der Waals surface area (Å²) in [5.41, 5.74) is 6.74. The molecule has 2 aromatic heterocycles. The lowest BCUT2D eigenvalue weighted by Crippen LogP contribution is -1.98. The standard InChI is InChI=1S/C42H26N2O/c1-2-12-27(13-3-1)31-17-9-10-20-34(31)37-26-38(40-25-30-16-6-11-21-39(30)45-40)44-42(43-37)41-33-19-8-5-15-29(33)24-36-32-18-7-4-14-28(32)22-23-35(36)41/h1-26H. The lowest BCUT2D eigenvalue weighted by atomic mass is 9.92. The van der Waals surface area contributed by atoms with E-state index < -0.39 is 0 Å². The molecular formula is C42H26N2O. The molecule has 0 fully saturated rings. The van der Waals surface area contributed by atoms with E-state index in [1.165, 1.54) is 16.2 Å². The number of aromatic nitrogens is 2. The van der Waals surface area contributed by atoms with Crippen molar-refractivity contribution in [3.05, 3.63) is 158 Å². The maximum atomic E-state index is 6.39. The van der Waals surface area contributed by atoms with Crippen LogP contribution in [0.15, 0.2) is 162 Å². The molecule has 45 heavy (non-hydrogen) atoms. The van der Waals surface area contributed by atoms with Gasteiger partial charge in [-0.15, -0.1) is 0 Å². The smallest absolute Gasteiger partial charge is 0.161 e. The second kappa shape index (κ2) is 10.3. The predicted octanol–water partition coefficient (Wildman–Crippen LogP) is 11.4. The van der Waals surface area contributed by atoms with Crippen LogP contribution in [0.4, 0.5) is 0 Å². The Labute approximate surface area is 260 Å². The molecule has 210 valence electrons. The third-order valence-electron chi connectivity index (χ3n) is 8.69. The SMILES string of the molecule is c1ccc(-c2ccccc2-c2cc(-c3cc4ccccc4o3)nc(-c3c4ccccc4cc4c3ccc3ccccc34)n2)cc1. The maximum absolute atomic E-state index is 6.39. The van der Waals surface area contributed by atoms with E-state index in [9.17, 15) is 0 Å². The van der Waals surface area contributed by atoms with E-state index in [-0.39, 0.29) is 0 Å². The predicted molar refractivity (Wildman–Crippen MR) is 186 cm³/mol. The number of para-hydroxylation sites is 1. The molecule has 0 aliphatic heterocycles. The number of nitrogens with zero attached hydrogens (tertiary/aromatic N) is 2. The lowest BCUT2D eigenvalue weighted by Gasteiger charge is -2.15. The summed E-state index contributed by atoms with van der Waals surface area (Å²) < 4.78 is 6.39. The van der Waals surface area contributed by atoms with Crippen molar-refractivity contribution < 1.29 is 4.42 Å². The van der Waals surface area contributed by atoms with Gasteiger partial charge in [-0.2, -0.15) is 0 Å². The molecule has 0 spiro atoms. The van der Waals surface area contributed by atoms with Crippen molar-refractivity contribution in [3.63, 3.8) is 0 Å². The first-order valence-corrected chi connectivity index (χ1v) is 15.2. The van der Waals surface area contributed by atoms with Gasteiger partial charge in [0.15, 0.2) is 11.6 Å². The Morgan fingerprint density at radius 2 is 1.07 bits per heavy atom. The summed E-state index contributed by atoms with van der Waals surface area (Å²) in [6, 6.07) is 55.0. The first-order valence-electron chi connectivity index (χ1n) is 15.2. The molecule has 3 heteroatoms. The molecule has 0 atom stereocenters. The number of benzene rings is 7. The van der Waals surface area contributed by atoms with Crippen LogP contribution in [-0.2, 0) is 0 Å². The van der Waals surface area contributed by atoms with Crippen LogP contribution >= 0.6 is 0 Å². The molecule has 0 N–H and O–H groups in total. The van der Waals surface area contributed by atoms with Gasteiger partial charge in [0.05, 0.1) is 5.69 Å². The van der Waals surface area contributed by atoms with Crippen molar-refractivity contribution >= 4 is 43.3 Å². The van der Waals surface area contributed by atoms with Gasteiger partial charge in [0.2, 0.25) is 0 Å².